The van der Waals surface area contributed by atoms with Crippen LogP contribution in [0.2, 0.25) is 0 Å². The third kappa shape index (κ3) is 4.00. The Balaban J connectivity index is 2.59. The fourth-order valence-corrected chi connectivity index (χ4v) is 2.33. The molecule has 0 atom stereocenters. The number of hydrogen-bond donors (Lipinski definition) is 1. The van der Waals surface area contributed by atoms with Crippen LogP contribution < -0.4 is 9.47 Å². The van der Waals surface area contributed by atoms with Gasteiger partial charge in [0.15, 0.2) is 11.5 Å². The van der Waals surface area contributed by atoms with Gasteiger partial charge in [0.05, 0.1) is 38.9 Å². The fourth-order valence-electron chi connectivity index (χ4n) is 2.33. The SMILES string of the molecule is COc1ccc(-c2nn(CCC#N)cc2C=C(C#N)C(=O)O)cc1OC. The number of rotatable bonds is 7. The molecule has 0 spiro atoms. The molecule has 1 aromatic heterocycles. The Morgan fingerprint density at radius 3 is 2.62 bits per heavy atom. The molecule has 0 aliphatic carbocycles. The zero-order valence-corrected chi connectivity index (χ0v) is 14.3. The average molecular weight is 352 g/mol. The molecule has 0 aliphatic heterocycles. The van der Waals surface area contributed by atoms with Gasteiger partial charge in [0.2, 0.25) is 0 Å². The summed E-state index contributed by atoms with van der Waals surface area (Å²) in [6.07, 6.45) is 3.11. The molecular weight excluding hydrogens is 336 g/mol. The highest BCUT2D eigenvalue weighted by Gasteiger charge is 2.15. The molecule has 8 nitrogen and oxygen atoms in total. The van der Waals surface area contributed by atoms with E-state index in [1.54, 1.807) is 30.5 Å². The lowest BCUT2D eigenvalue weighted by Gasteiger charge is -2.09. The molecule has 26 heavy (non-hydrogen) atoms. The van der Waals surface area contributed by atoms with Crippen molar-refractivity contribution < 1.29 is 19.4 Å². The van der Waals surface area contributed by atoms with Crippen molar-refractivity contribution in [1.82, 2.24) is 9.78 Å². The molecule has 1 aromatic carbocycles. The van der Waals surface area contributed by atoms with Gasteiger partial charge < -0.3 is 14.6 Å². The van der Waals surface area contributed by atoms with Crippen LogP contribution in [0.15, 0.2) is 30.0 Å². The highest BCUT2D eigenvalue weighted by atomic mass is 16.5. The highest BCUT2D eigenvalue weighted by Crippen LogP contribution is 2.33. The Hall–Kier alpha value is -3.78. The van der Waals surface area contributed by atoms with E-state index in [4.69, 9.17) is 25.1 Å². The number of carbonyl (C=O) groups is 1. The molecule has 1 N–H and O–H groups in total. The third-order valence-electron chi connectivity index (χ3n) is 3.55. The number of aromatic nitrogens is 2. The maximum atomic E-state index is 11.1. The molecule has 0 bridgehead atoms. The van der Waals surface area contributed by atoms with E-state index in [1.165, 1.54) is 25.0 Å². The summed E-state index contributed by atoms with van der Waals surface area (Å²) >= 11 is 0. The maximum absolute atomic E-state index is 11.1. The summed E-state index contributed by atoms with van der Waals surface area (Å²) in [7, 11) is 3.03. The lowest BCUT2D eigenvalue weighted by Crippen LogP contribution is -1.97. The summed E-state index contributed by atoms with van der Waals surface area (Å²) in [5.41, 5.74) is 1.17. The first-order valence-electron chi connectivity index (χ1n) is 7.56. The van der Waals surface area contributed by atoms with Gasteiger partial charge >= 0.3 is 5.97 Å². The Morgan fingerprint density at radius 1 is 1.31 bits per heavy atom. The van der Waals surface area contributed by atoms with Crippen molar-refractivity contribution in [3.05, 3.63) is 35.5 Å². The summed E-state index contributed by atoms with van der Waals surface area (Å²) in [5.74, 6) is -0.290. The van der Waals surface area contributed by atoms with Crippen molar-refractivity contribution in [2.45, 2.75) is 13.0 Å². The van der Waals surface area contributed by atoms with E-state index in [-0.39, 0.29) is 6.42 Å². The molecule has 8 heteroatoms. The van der Waals surface area contributed by atoms with E-state index in [0.717, 1.165) is 0 Å². The second-order valence-corrected chi connectivity index (χ2v) is 5.15. The van der Waals surface area contributed by atoms with Crippen LogP contribution in [0.25, 0.3) is 17.3 Å². The number of methoxy groups -OCH3 is 2. The predicted octanol–water partition coefficient (Wildman–Crippen LogP) is 2.47. The summed E-state index contributed by atoms with van der Waals surface area (Å²) in [6.45, 7) is 0.347. The van der Waals surface area contributed by atoms with Crippen LogP contribution in [0.4, 0.5) is 0 Å². The molecule has 0 unspecified atom stereocenters. The number of carboxylic acids is 1. The van der Waals surface area contributed by atoms with E-state index < -0.39 is 11.5 Å². The van der Waals surface area contributed by atoms with Crippen LogP contribution in [-0.4, -0.2) is 35.1 Å². The Kier molecular flexibility index (Phi) is 5.96. The average Bonchev–Trinajstić information content (AvgIpc) is 3.06. The maximum Gasteiger partial charge on any atom is 0.346 e. The molecule has 0 radical (unpaired) electrons. The first-order valence-corrected chi connectivity index (χ1v) is 7.56. The van der Waals surface area contributed by atoms with Gasteiger partial charge in [0.25, 0.3) is 0 Å². The lowest BCUT2D eigenvalue weighted by molar-refractivity contribution is -0.132. The Labute approximate surface area is 150 Å². The van der Waals surface area contributed by atoms with Gasteiger partial charge in [0.1, 0.15) is 11.6 Å². The third-order valence-corrected chi connectivity index (χ3v) is 3.55. The quantitative estimate of drug-likeness (QED) is 0.600. The van der Waals surface area contributed by atoms with Gasteiger partial charge in [-0.25, -0.2) is 4.79 Å². The number of ether oxygens (including phenoxy) is 2. The zero-order chi connectivity index (χ0) is 19.1. The number of nitrogens with zero attached hydrogens (tertiary/aromatic N) is 4. The van der Waals surface area contributed by atoms with E-state index in [1.807, 2.05) is 6.07 Å². The van der Waals surface area contributed by atoms with E-state index in [2.05, 4.69) is 5.10 Å². The molecular formula is C18H16N4O4. The number of aryl methyl sites for hydroxylation is 1. The fraction of sp³-hybridized carbons (Fsp3) is 0.222. The van der Waals surface area contributed by atoms with Crippen molar-refractivity contribution in [3.63, 3.8) is 0 Å². The van der Waals surface area contributed by atoms with Crippen molar-refractivity contribution >= 4 is 12.0 Å². The predicted molar refractivity (Wildman–Crippen MR) is 92.2 cm³/mol. The van der Waals surface area contributed by atoms with E-state index in [9.17, 15) is 4.79 Å². The summed E-state index contributed by atoms with van der Waals surface area (Å²) in [5, 5.41) is 31.3. The van der Waals surface area contributed by atoms with Gasteiger partial charge in [0, 0.05) is 17.3 Å². The second kappa shape index (κ2) is 8.36. The number of aliphatic carboxylic acids is 1. The van der Waals surface area contributed by atoms with Crippen LogP contribution in [0.5, 0.6) is 11.5 Å². The van der Waals surface area contributed by atoms with Crippen LogP contribution >= 0.6 is 0 Å². The van der Waals surface area contributed by atoms with Gasteiger partial charge in [-0.05, 0) is 24.3 Å². The normalized spacial score (nSPS) is 10.7. The molecule has 2 aromatic rings. The van der Waals surface area contributed by atoms with Gasteiger partial charge in [-0.2, -0.15) is 15.6 Å². The monoisotopic (exact) mass is 352 g/mol. The molecule has 132 valence electrons. The topological polar surface area (TPSA) is 121 Å². The summed E-state index contributed by atoms with van der Waals surface area (Å²) < 4.78 is 12.0. The minimum atomic E-state index is -1.32. The van der Waals surface area contributed by atoms with Crippen molar-refractivity contribution in [2.75, 3.05) is 14.2 Å². The van der Waals surface area contributed by atoms with Crippen molar-refractivity contribution in [1.29, 1.82) is 10.5 Å². The number of nitriles is 2. The summed E-state index contributed by atoms with van der Waals surface area (Å²) in [6, 6.07) is 8.85. The van der Waals surface area contributed by atoms with Gasteiger partial charge in [-0.15, -0.1) is 0 Å². The molecule has 2 rings (SSSR count). The molecule has 0 amide bonds. The number of carboxylic acid groups (broad SMARTS) is 1. The minimum absolute atomic E-state index is 0.250. The first kappa shape index (κ1) is 18.6. The largest absolute Gasteiger partial charge is 0.493 e. The second-order valence-electron chi connectivity index (χ2n) is 5.15. The smallest absolute Gasteiger partial charge is 0.346 e. The van der Waals surface area contributed by atoms with Crippen LogP contribution in [0, 0.1) is 22.7 Å². The van der Waals surface area contributed by atoms with Crippen molar-refractivity contribution in [2.24, 2.45) is 0 Å². The summed E-state index contributed by atoms with van der Waals surface area (Å²) in [4.78, 5) is 11.1. The molecule has 0 saturated carbocycles. The van der Waals surface area contributed by atoms with Crippen LogP contribution in [0.3, 0.4) is 0 Å². The van der Waals surface area contributed by atoms with E-state index >= 15 is 0 Å². The van der Waals surface area contributed by atoms with Crippen molar-refractivity contribution in [3.8, 4) is 34.9 Å². The Morgan fingerprint density at radius 2 is 2.04 bits per heavy atom. The van der Waals surface area contributed by atoms with Gasteiger partial charge in [-0.3, -0.25) is 4.68 Å². The molecule has 0 fully saturated rings. The Bertz CT molecular complexity index is 932. The number of benzene rings is 1. The highest BCUT2D eigenvalue weighted by molar-refractivity contribution is 5.97. The number of hydrogen-bond acceptors (Lipinski definition) is 6. The van der Waals surface area contributed by atoms with Gasteiger partial charge in [-0.1, -0.05) is 0 Å². The molecule has 1 heterocycles. The standard InChI is InChI=1S/C18H16N4O4/c1-25-15-5-4-12(9-16(15)26-2)17-14(8-13(10-20)18(23)24)11-22(21-17)7-3-6-19/h4-5,8-9,11H,3,7H2,1-2H3,(H,23,24). The molecule has 0 aliphatic rings. The van der Waals surface area contributed by atoms with E-state index in [0.29, 0.717) is 34.9 Å². The molecule has 0 saturated heterocycles. The first-order chi connectivity index (χ1) is 12.5. The van der Waals surface area contributed by atoms with Crippen LogP contribution in [-0.2, 0) is 11.3 Å². The lowest BCUT2D eigenvalue weighted by atomic mass is 10.1. The zero-order valence-electron chi connectivity index (χ0n) is 14.3. The van der Waals surface area contributed by atoms with Crippen LogP contribution in [0.1, 0.15) is 12.0 Å². The minimum Gasteiger partial charge on any atom is -0.493 e.